The summed E-state index contributed by atoms with van der Waals surface area (Å²) < 4.78 is 25.0. The van der Waals surface area contributed by atoms with Gasteiger partial charge in [-0.15, -0.1) is 0 Å². The molecule has 0 bridgehead atoms. The average molecular weight is 384 g/mol. The van der Waals surface area contributed by atoms with Crippen molar-refractivity contribution in [2.75, 3.05) is 58.6 Å². The van der Waals surface area contributed by atoms with E-state index in [2.05, 4.69) is 16.8 Å². The van der Waals surface area contributed by atoms with Crippen LogP contribution in [0.3, 0.4) is 0 Å². The van der Waals surface area contributed by atoms with E-state index in [1.165, 1.54) is 6.42 Å². The third-order valence-electron chi connectivity index (χ3n) is 7.36. The standard InChI is InChI=1S/C19H33N3O3S/c1-20-8-10-21(11-9-20)13-17-7-12-26(24,25)19(17)14-22(15-19)18(23)16-5-3-2-4-6-16/h16-17H,2-15H2,1H3. The maximum atomic E-state index is 12.8. The molecule has 26 heavy (non-hydrogen) atoms. The highest BCUT2D eigenvalue weighted by Gasteiger charge is 2.62. The van der Waals surface area contributed by atoms with Crippen LogP contribution in [0.4, 0.5) is 0 Å². The minimum absolute atomic E-state index is 0.140. The molecule has 0 aromatic heterocycles. The van der Waals surface area contributed by atoms with Crippen molar-refractivity contribution >= 4 is 15.7 Å². The molecule has 1 spiro atoms. The van der Waals surface area contributed by atoms with Gasteiger partial charge in [0, 0.05) is 51.7 Å². The minimum Gasteiger partial charge on any atom is -0.339 e. The van der Waals surface area contributed by atoms with Crippen LogP contribution in [0.25, 0.3) is 0 Å². The number of likely N-dealkylation sites (tertiary alicyclic amines) is 1. The van der Waals surface area contributed by atoms with Crippen LogP contribution in [-0.4, -0.2) is 92.4 Å². The number of carbonyl (C=O) groups excluding carboxylic acids is 1. The van der Waals surface area contributed by atoms with Crippen molar-refractivity contribution in [2.24, 2.45) is 11.8 Å². The predicted octanol–water partition coefficient (Wildman–Crippen LogP) is 0.830. The minimum atomic E-state index is -3.09. The summed E-state index contributed by atoms with van der Waals surface area (Å²) in [7, 11) is -0.950. The summed E-state index contributed by atoms with van der Waals surface area (Å²) >= 11 is 0. The lowest BCUT2D eigenvalue weighted by molar-refractivity contribution is -0.143. The molecular weight excluding hydrogens is 350 g/mol. The molecule has 6 nitrogen and oxygen atoms in total. The fourth-order valence-electron chi connectivity index (χ4n) is 5.44. The van der Waals surface area contributed by atoms with Gasteiger partial charge in [-0.3, -0.25) is 4.79 Å². The van der Waals surface area contributed by atoms with Gasteiger partial charge in [0.15, 0.2) is 9.84 Å². The molecule has 0 aromatic rings. The lowest BCUT2D eigenvalue weighted by Gasteiger charge is -2.52. The van der Waals surface area contributed by atoms with Gasteiger partial charge in [0.05, 0.1) is 5.75 Å². The number of hydrogen-bond acceptors (Lipinski definition) is 5. The number of piperazine rings is 1. The zero-order valence-corrected chi connectivity index (χ0v) is 16.8. The van der Waals surface area contributed by atoms with Crippen LogP contribution in [0.1, 0.15) is 38.5 Å². The van der Waals surface area contributed by atoms with Crippen LogP contribution >= 0.6 is 0 Å². The van der Waals surface area contributed by atoms with Crippen molar-refractivity contribution in [3.63, 3.8) is 0 Å². The van der Waals surface area contributed by atoms with E-state index < -0.39 is 14.6 Å². The van der Waals surface area contributed by atoms with Gasteiger partial charge >= 0.3 is 0 Å². The third-order valence-corrected chi connectivity index (χ3v) is 9.96. The van der Waals surface area contributed by atoms with Gasteiger partial charge in [0.1, 0.15) is 4.75 Å². The molecule has 4 fully saturated rings. The SMILES string of the molecule is CN1CCN(CC2CCS(=O)(=O)C23CN(C(=O)C2CCCCC2)C3)CC1. The molecule has 0 aromatic carbocycles. The molecule has 4 aliphatic rings. The number of likely N-dealkylation sites (N-methyl/N-ethyl adjacent to an activating group) is 1. The van der Waals surface area contributed by atoms with Gasteiger partial charge in [-0.1, -0.05) is 19.3 Å². The van der Waals surface area contributed by atoms with Gasteiger partial charge in [0.25, 0.3) is 0 Å². The molecule has 1 aliphatic carbocycles. The van der Waals surface area contributed by atoms with Crippen molar-refractivity contribution in [3.8, 4) is 0 Å². The fourth-order valence-corrected chi connectivity index (χ4v) is 7.84. The van der Waals surface area contributed by atoms with Gasteiger partial charge in [-0.05, 0) is 32.2 Å². The number of rotatable bonds is 3. The maximum absolute atomic E-state index is 12.8. The van der Waals surface area contributed by atoms with Gasteiger partial charge in [-0.25, -0.2) is 8.42 Å². The second-order valence-electron chi connectivity index (χ2n) is 9.00. The first kappa shape index (κ1) is 18.7. The number of sulfone groups is 1. The second kappa shape index (κ2) is 7.06. The number of amides is 1. The smallest absolute Gasteiger partial charge is 0.225 e. The molecular formula is C19H33N3O3S. The Labute approximate surface area is 157 Å². The Balaban J connectivity index is 1.41. The Morgan fingerprint density at radius 2 is 1.65 bits per heavy atom. The van der Waals surface area contributed by atoms with Crippen molar-refractivity contribution < 1.29 is 13.2 Å². The molecule has 1 amide bonds. The summed E-state index contributed by atoms with van der Waals surface area (Å²) in [5, 5.41) is 0. The summed E-state index contributed by atoms with van der Waals surface area (Å²) in [4.78, 5) is 19.4. The monoisotopic (exact) mass is 383 g/mol. The number of hydrogen-bond donors (Lipinski definition) is 0. The van der Waals surface area contributed by atoms with Crippen molar-refractivity contribution in [1.29, 1.82) is 0 Å². The zero-order valence-electron chi connectivity index (χ0n) is 16.0. The van der Waals surface area contributed by atoms with Crippen LogP contribution in [0.2, 0.25) is 0 Å². The molecule has 0 radical (unpaired) electrons. The van der Waals surface area contributed by atoms with E-state index in [-0.39, 0.29) is 17.7 Å². The summed E-state index contributed by atoms with van der Waals surface area (Å²) in [6.45, 7) is 5.92. The Morgan fingerprint density at radius 3 is 2.31 bits per heavy atom. The van der Waals surface area contributed by atoms with Crippen LogP contribution in [0.5, 0.6) is 0 Å². The second-order valence-corrected chi connectivity index (χ2v) is 11.5. The first-order chi connectivity index (χ1) is 12.4. The van der Waals surface area contributed by atoms with Gasteiger partial charge in [-0.2, -0.15) is 0 Å². The quantitative estimate of drug-likeness (QED) is 0.722. The summed E-state index contributed by atoms with van der Waals surface area (Å²) in [6.07, 6.45) is 6.24. The van der Waals surface area contributed by atoms with Crippen molar-refractivity contribution in [3.05, 3.63) is 0 Å². The summed E-state index contributed by atoms with van der Waals surface area (Å²) in [6, 6.07) is 0. The van der Waals surface area contributed by atoms with Crippen molar-refractivity contribution in [2.45, 2.75) is 43.3 Å². The normalized spacial score (nSPS) is 32.7. The van der Waals surface area contributed by atoms with E-state index in [4.69, 9.17) is 0 Å². The molecule has 3 heterocycles. The van der Waals surface area contributed by atoms with E-state index in [0.717, 1.165) is 64.8 Å². The van der Waals surface area contributed by atoms with Gasteiger partial charge < -0.3 is 14.7 Å². The third kappa shape index (κ3) is 3.20. The predicted molar refractivity (Wildman–Crippen MR) is 102 cm³/mol. The lowest BCUT2D eigenvalue weighted by atomic mass is 9.80. The van der Waals surface area contributed by atoms with E-state index >= 15 is 0 Å². The maximum Gasteiger partial charge on any atom is 0.225 e. The van der Waals surface area contributed by atoms with E-state index in [9.17, 15) is 13.2 Å². The van der Waals surface area contributed by atoms with Crippen LogP contribution in [-0.2, 0) is 14.6 Å². The average Bonchev–Trinajstić information content (AvgIpc) is 2.86. The van der Waals surface area contributed by atoms with Crippen LogP contribution < -0.4 is 0 Å². The summed E-state index contributed by atoms with van der Waals surface area (Å²) in [5.41, 5.74) is 0. The van der Waals surface area contributed by atoms with Crippen molar-refractivity contribution in [1.82, 2.24) is 14.7 Å². The van der Waals surface area contributed by atoms with Crippen LogP contribution in [0, 0.1) is 11.8 Å². The van der Waals surface area contributed by atoms with E-state index in [1.54, 1.807) is 0 Å². The molecule has 7 heteroatoms. The highest BCUT2D eigenvalue weighted by molar-refractivity contribution is 7.93. The van der Waals surface area contributed by atoms with Gasteiger partial charge in [0.2, 0.25) is 5.91 Å². The Bertz CT molecular complexity index is 630. The first-order valence-corrected chi connectivity index (χ1v) is 12.0. The highest BCUT2D eigenvalue weighted by Crippen LogP contribution is 2.46. The summed E-state index contributed by atoms with van der Waals surface area (Å²) in [5.74, 6) is 0.847. The fraction of sp³-hybridized carbons (Fsp3) is 0.947. The molecule has 1 saturated carbocycles. The van der Waals surface area contributed by atoms with Crippen LogP contribution in [0.15, 0.2) is 0 Å². The zero-order chi connectivity index (χ0) is 18.4. The number of carbonyl (C=O) groups is 1. The first-order valence-electron chi connectivity index (χ1n) is 10.3. The Kier molecular flexibility index (Phi) is 5.07. The largest absolute Gasteiger partial charge is 0.339 e. The Hall–Kier alpha value is -0.660. The molecule has 3 aliphatic heterocycles. The Morgan fingerprint density at radius 1 is 1.00 bits per heavy atom. The highest BCUT2D eigenvalue weighted by atomic mass is 32.2. The molecule has 1 atom stereocenters. The molecule has 4 rings (SSSR count). The van der Waals surface area contributed by atoms with E-state index in [1.807, 2.05) is 4.90 Å². The lowest BCUT2D eigenvalue weighted by Crippen LogP contribution is -2.70. The molecule has 1 unspecified atom stereocenters. The molecule has 148 valence electrons. The molecule has 0 N–H and O–H groups in total. The van der Waals surface area contributed by atoms with E-state index in [0.29, 0.717) is 18.8 Å². The topological polar surface area (TPSA) is 60.9 Å². The molecule has 3 saturated heterocycles. The number of nitrogens with zero attached hydrogens (tertiary/aromatic N) is 3.